The van der Waals surface area contributed by atoms with Crippen molar-refractivity contribution in [2.45, 2.75) is 27.7 Å². The number of aliphatic imine (C=N–C) groups is 1. The zero-order valence-electron chi connectivity index (χ0n) is 21.3. The molecule has 4 rings (SSSR count). The van der Waals surface area contributed by atoms with E-state index in [0.717, 1.165) is 66.9 Å². The first-order valence-electron chi connectivity index (χ1n) is 11.8. The van der Waals surface area contributed by atoms with Gasteiger partial charge < -0.3 is 16.0 Å². The van der Waals surface area contributed by atoms with Gasteiger partial charge >= 0.3 is 0 Å². The van der Waals surface area contributed by atoms with Gasteiger partial charge in [0.25, 0.3) is 0 Å². The number of anilines is 1. The number of aromatic nitrogens is 4. The number of pyridine rings is 1. The SMILES string of the molecule is C=CC(=O)Nc1c(C)ccc(-c2c(-c3cnn(C)c3)[nH]c3ncc(/C(C=NCC)=C/N)c(C)c23)c1C. The second-order valence-electron chi connectivity index (χ2n) is 8.67. The number of aromatic amines is 1. The summed E-state index contributed by atoms with van der Waals surface area (Å²) in [4.78, 5) is 24.9. The number of aryl methyl sites for hydroxylation is 3. The van der Waals surface area contributed by atoms with E-state index in [1.165, 1.54) is 6.08 Å². The summed E-state index contributed by atoms with van der Waals surface area (Å²) in [6.07, 6.45) is 10.2. The van der Waals surface area contributed by atoms with Crippen molar-refractivity contribution in [3.63, 3.8) is 0 Å². The molecule has 0 bridgehead atoms. The van der Waals surface area contributed by atoms with Gasteiger partial charge in [0.15, 0.2) is 0 Å². The van der Waals surface area contributed by atoms with Crippen LogP contribution in [0.25, 0.3) is 39.0 Å². The predicted octanol–water partition coefficient (Wildman–Crippen LogP) is 5.07. The number of fused-ring (bicyclic) bond motifs is 1. The fraction of sp³-hybridized carbons (Fsp3) is 0.214. The predicted molar refractivity (Wildman–Crippen MR) is 148 cm³/mol. The topological polar surface area (TPSA) is 114 Å². The lowest BCUT2D eigenvalue weighted by atomic mass is 9.91. The van der Waals surface area contributed by atoms with Gasteiger partial charge in [0.05, 0.1) is 11.9 Å². The number of benzene rings is 1. The van der Waals surface area contributed by atoms with E-state index >= 15 is 0 Å². The normalized spacial score (nSPS) is 12.0. The molecule has 0 saturated heterocycles. The second kappa shape index (κ2) is 10.0. The molecule has 0 aliphatic heterocycles. The summed E-state index contributed by atoms with van der Waals surface area (Å²) in [7, 11) is 1.89. The van der Waals surface area contributed by atoms with Gasteiger partial charge in [-0.15, -0.1) is 0 Å². The number of hydrogen-bond acceptors (Lipinski definition) is 5. The molecule has 0 spiro atoms. The standard InChI is InChI=1S/C28H31N7O/c1-7-23(36)33-26-16(3)9-10-21(18(26)5)25-24-17(4)22(19(11-29)12-30-8-2)14-31-28(24)34-27(25)20-13-32-35(6)15-20/h7,9-15H,1,8,29H2,2-6H3,(H,31,34)(H,33,36)/b19-11+,30-12?. The zero-order chi connectivity index (χ0) is 26.0. The van der Waals surface area contributed by atoms with E-state index in [9.17, 15) is 4.79 Å². The van der Waals surface area contributed by atoms with E-state index in [-0.39, 0.29) is 5.91 Å². The Morgan fingerprint density at radius 3 is 2.67 bits per heavy atom. The average molecular weight is 482 g/mol. The second-order valence-corrected chi connectivity index (χ2v) is 8.67. The lowest BCUT2D eigenvalue weighted by Gasteiger charge is -2.16. The molecule has 1 aromatic carbocycles. The van der Waals surface area contributed by atoms with Crippen molar-refractivity contribution in [3.05, 3.63) is 71.8 Å². The fourth-order valence-electron chi connectivity index (χ4n) is 4.51. The first kappa shape index (κ1) is 24.7. The lowest BCUT2D eigenvalue weighted by molar-refractivity contribution is -0.111. The number of nitrogens with zero attached hydrogens (tertiary/aromatic N) is 4. The molecule has 0 fully saturated rings. The van der Waals surface area contributed by atoms with Gasteiger partial charge in [-0.25, -0.2) is 4.98 Å². The summed E-state index contributed by atoms with van der Waals surface area (Å²) in [5, 5.41) is 8.33. The van der Waals surface area contributed by atoms with Crippen molar-refractivity contribution in [1.29, 1.82) is 0 Å². The molecule has 3 heterocycles. The summed E-state index contributed by atoms with van der Waals surface area (Å²) < 4.78 is 1.77. The van der Waals surface area contributed by atoms with Crippen LogP contribution in [0.1, 0.15) is 29.2 Å². The molecule has 0 aliphatic rings. The minimum absolute atomic E-state index is 0.252. The number of allylic oxidation sites excluding steroid dienone is 1. The molecule has 0 radical (unpaired) electrons. The van der Waals surface area contributed by atoms with Crippen LogP contribution in [0.2, 0.25) is 0 Å². The summed E-state index contributed by atoms with van der Waals surface area (Å²) in [6.45, 7) is 12.3. The maximum atomic E-state index is 12.2. The number of carbonyl (C=O) groups is 1. The first-order chi connectivity index (χ1) is 17.3. The molecular formula is C28H31N7O. The molecule has 3 aromatic heterocycles. The van der Waals surface area contributed by atoms with Crippen molar-refractivity contribution in [2.24, 2.45) is 17.8 Å². The number of carbonyl (C=O) groups excluding carboxylic acids is 1. The summed E-state index contributed by atoms with van der Waals surface area (Å²) in [5.41, 5.74) is 16.0. The van der Waals surface area contributed by atoms with Crippen LogP contribution in [0.4, 0.5) is 5.69 Å². The Hall–Kier alpha value is -4.46. The van der Waals surface area contributed by atoms with Gasteiger partial charge in [0.2, 0.25) is 5.91 Å². The monoisotopic (exact) mass is 481 g/mol. The first-order valence-corrected chi connectivity index (χ1v) is 11.8. The average Bonchev–Trinajstić information content (AvgIpc) is 3.47. The molecule has 4 aromatic rings. The van der Waals surface area contributed by atoms with Crippen molar-refractivity contribution in [2.75, 3.05) is 11.9 Å². The maximum Gasteiger partial charge on any atom is 0.247 e. The summed E-state index contributed by atoms with van der Waals surface area (Å²) in [5.74, 6) is -0.252. The number of amides is 1. The van der Waals surface area contributed by atoms with Crippen LogP contribution < -0.4 is 11.1 Å². The summed E-state index contributed by atoms with van der Waals surface area (Å²) in [6, 6.07) is 4.10. The highest BCUT2D eigenvalue weighted by atomic mass is 16.1. The molecule has 1 amide bonds. The number of rotatable bonds is 7. The number of nitrogens with two attached hydrogens (primary N) is 1. The third kappa shape index (κ3) is 4.33. The molecule has 8 nitrogen and oxygen atoms in total. The Bertz CT molecular complexity index is 1540. The van der Waals surface area contributed by atoms with Gasteiger partial charge in [-0.3, -0.25) is 14.5 Å². The Balaban J connectivity index is 2.08. The van der Waals surface area contributed by atoms with Crippen molar-refractivity contribution in [3.8, 4) is 22.4 Å². The Labute approximate surface area is 210 Å². The summed E-state index contributed by atoms with van der Waals surface area (Å²) >= 11 is 0. The van der Waals surface area contributed by atoms with E-state index in [2.05, 4.69) is 40.0 Å². The van der Waals surface area contributed by atoms with Crippen molar-refractivity contribution >= 4 is 34.4 Å². The molecule has 8 heteroatoms. The molecule has 4 N–H and O–H groups in total. The van der Waals surface area contributed by atoms with Gasteiger partial charge in [-0.2, -0.15) is 5.10 Å². The number of nitrogens with one attached hydrogen (secondary N) is 2. The molecule has 0 aliphatic carbocycles. The van der Waals surface area contributed by atoms with Crippen LogP contribution in [0.3, 0.4) is 0 Å². The van der Waals surface area contributed by atoms with Crippen molar-refractivity contribution in [1.82, 2.24) is 19.7 Å². The maximum absolute atomic E-state index is 12.2. The molecule has 184 valence electrons. The zero-order valence-corrected chi connectivity index (χ0v) is 21.3. The number of hydrogen-bond donors (Lipinski definition) is 3. The Kier molecular flexibility index (Phi) is 6.87. The molecule has 0 unspecified atom stereocenters. The van der Waals surface area contributed by atoms with Gasteiger partial charge in [0, 0.05) is 71.7 Å². The minimum atomic E-state index is -0.252. The van der Waals surface area contributed by atoms with Crippen LogP contribution in [0.15, 0.2) is 54.6 Å². The quantitative estimate of drug-likeness (QED) is 0.252. The minimum Gasteiger partial charge on any atom is -0.404 e. The van der Waals surface area contributed by atoms with Crippen LogP contribution in [-0.2, 0) is 11.8 Å². The van der Waals surface area contributed by atoms with Crippen LogP contribution in [-0.4, -0.2) is 38.4 Å². The largest absolute Gasteiger partial charge is 0.404 e. The van der Waals surface area contributed by atoms with E-state index < -0.39 is 0 Å². The molecule has 0 saturated carbocycles. The van der Waals surface area contributed by atoms with Crippen LogP contribution in [0.5, 0.6) is 0 Å². The Morgan fingerprint density at radius 1 is 1.25 bits per heavy atom. The molecule has 36 heavy (non-hydrogen) atoms. The third-order valence-corrected chi connectivity index (χ3v) is 6.36. The molecular weight excluding hydrogens is 450 g/mol. The van der Waals surface area contributed by atoms with Crippen LogP contribution >= 0.6 is 0 Å². The highest BCUT2D eigenvalue weighted by Crippen LogP contribution is 2.43. The van der Waals surface area contributed by atoms with Crippen molar-refractivity contribution < 1.29 is 4.79 Å². The van der Waals surface area contributed by atoms with E-state index in [0.29, 0.717) is 6.54 Å². The van der Waals surface area contributed by atoms with E-state index in [1.54, 1.807) is 17.1 Å². The molecule has 0 atom stereocenters. The van der Waals surface area contributed by atoms with Crippen LogP contribution in [0, 0.1) is 20.8 Å². The lowest BCUT2D eigenvalue weighted by Crippen LogP contribution is -2.10. The van der Waals surface area contributed by atoms with Gasteiger partial charge in [0.1, 0.15) is 5.65 Å². The smallest absolute Gasteiger partial charge is 0.247 e. The highest BCUT2D eigenvalue weighted by molar-refractivity contribution is 6.13. The fourth-order valence-corrected chi connectivity index (χ4v) is 4.51. The van der Waals surface area contributed by atoms with Gasteiger partial charge in [-0.1, -0.05) is 18.7 Å². The van der Waals surface area contributed by atoms with E-state index in [4.69, 9.17) is 10.7 Å². The van der Waals surface area contributed by atoms with Gasteiger partial charge in [-0.05, 0) is 56.0 Å². The number of H-pyrrole nitrogens is 1. The van der Waals surface area contributed by atoms with E-state index in [1.807, 2.05) is 52.5 Å². The Morgan fingerprint density at radius 2 is 2.03 bits per heavy atom. The third-order valence-electron chi connectivity index (χ3n) is 6.36. The highest BCUT2D eigenvalue weighted by Gasteiger charge is 2.23.